The summed E-state index contributed by atoms with van der Waals surface area (Å²) < 4.78 is 5.58. The van der Waals surface area contributed by atoms with Gasteiger partial charge in [-0.1, -0.05) is 55.8 Å². The maximum absolute atomic E-state index is 12.4. The van der Waals surface area contributed by atoms with Crippen molar-refractivity contribution in [3.63, 3.8) is 0 Å². The third-order valence-electron chi connectivity index (χ3n) is 20.2. The van der Waals surface area contributed by atoms with E-state index in [0.29, 0.717) is 47.5 Å². The lowest BCUT2D eigenvalue weighted by molar-refractivity contribution is -0.231. The number of aliphatic hydroxyl groups is 3. The standard InChI is InChI=1S/C53H73NO4/c1-33-11-16-48-50(2,57)43-14-15-44-41(42(43)31-54(48)30-33)26-47-52(44)18-7-19-53(47)32-51(49(56)27-45(53)46(55)29-52)20-17-34(28-51)22-35(10-6-21-58-3)38-12-13-39-23-36-8-4-5-9-37(36)24-40(39)25-38/h4-5,8-9,12-13,23-25,33-35,41-49,55-57H,6-7,10-11,14-22,26-32H2,1-3H3/t33-,34+,35-,41-,42+,43-,44+,45-,46+,47-,48-,49-,50+,51+,52-,53-/m1/s1. The van der Waals surface area contributed by atoms with E-state index in [9.17, 15) is 15.3 Å². The Kier molecular flexibility index (Phi) is 9.56. The van der Waals surface area contributed by atoms with Gasteiger partial charge >= 0.3 is 0 Å². The number of nitrogens with zero attached hydrogens (tertiary/aromatic N) is 1. The Bertz CT molecular complexity index is 2010. The molecule has 0 amide bonds. The van der Waals surface area contributed by atoms with Gasteiger partial charge in [-0.25, -0.2) is 0 Å². The van der Waals surface area contributed by atoms with E-state index in [-0.39, 0.29) is 34.4 Å². The van der Waals surface area contributed by atoms with Gasteiger partial charge in [0.15, 0.2) is 0 Å². The predicted molar refractivity (Wildman–Crippen MR) is 233 cm³/mol. The van der Waals surface area contributed by atoms with Gasteiger partial charge in [0.2, 0.25) is 0 Å². The van der Waals surface area contributed by atoms with E-state index in [1.807, 2.05) is 7.11 Å². The van der Waals surface area contributed by atoms with Gasteiger partial charge in [-0.15, -0.1) is 0 Å². The second-order valence-corrected chi connectivity index (χ2v) is 22.8. The highest BCUT2D eigenvalue weighted by Crippen LogP contribution is 2.78. The second kappa shape index (κ2) is 14.3. The summed E-state index contributed by atoms with van der Waals surface area (Å²) in [5.41, 5.74) is 1.23. The summed E-state index contributed by atoms with van der Waals surface area (Å²) in [4.78, 5) is 2.74. The Morgan fingerprint density at radius 2 is 1.57 bits per heavy atom. The summed E-state index contributed by atoms with van der Waals surface area (Å²) in [6.07, 6.45) is 19.2. The lowest BCUT2D eigenvalue weighted by atomic mass is 9.38. The lowest BCUT2D eigenvalue weighted by Crippen LogP contribution is -2.67. The fraction of sp³-hybridized carbons (Fsp3) is 0.736. The average molecular weight is 788 g/mol. The molecule has 2 aliphatic heterocycles. The lowest BCUT2D eigenvalue weighted by Gasteiger charge is -2.68. The number of benzene rings is 3. The van der Waals surface area contributed by atoms with Gasteiger partial charge in [-0.3, -0.25) is 4.90 Å². The first-order valence-corrected chi connectivity index (χ1v) is 24.3. The zero-order valence-electron chi connectivity index (χ0n) is 36.0. The Balaban J connectivity index is 0.873. The fourth-order valence-electron chi connectivity index (χ4n) is 18.1. The zero-order chi connectivity index (χ0) is 39.6. The Morgan fingerprint density at radius 1 is 0.793 bits per heavy atom. The molecule has 16 atom stereocenters. The van der Waals surface area contributed by atoms with E-state index in [4.69, 9.17) is 4.74 Å². The van der Waals surface area contributed by atoms with Gasteiger partial charge < -0.3 is 20.1 Å². The van der Waals surface area contributed by atoms with Crippen molar-refractivity contribution in [3.05, 3.63) is 60.2 Å². The third kappa shape index (κ3) is 5.85. The van der Waals surface area contributed by atoms with Gasteiger partial charge in [-0.2, -0.15) is 0 Å². The van der Waals surface area contributed by atoms with Crippen LogP contribution in [0.2, 0.25) is 0 Å². The topological polar surface area (TPSA) is 73.2 Å². The van der Waals surface area contributed by atoms with Crippen molar-refractivity contribution < 1.29 is 20.1 Å². The van der Waals surface area contributed by atoms with Crippen LogP contribution >= 0.6 is 0 Å². The molecule has 58 heavy (non-hydrogen) atoms. The Labute approximate surface area is 348 Å². The minimum atomic E-state index is -0.602. The summed E-state index contributed by atoms with van der Waals surface area (Å²) in [6, 6.07) is 21.0. The van der Waals surface area contributed by atoms with Gasteiger partial charge in [0, 0.05) is 32.8 Å². The van der Waals surface area contributed by atoms with E-state index in [1.165, 1.54) is 91.4 Å². The molecule has 2 spiro atoms. The first-order valence-electron chi connectivity index (χ1n) is 24.3. The molecule has 314 valence electrons. The molecule has 3 aromatic rings. The Morgan fingerprint density at radius 3 is 2.40 bits per heavy atom. The molecule has 8 aliphatic rings. The van der Waals surface area contributed by atoms with Crippen LogP contribution in [0.4, 0.5) is 0 Å². The summed E-state index contributed by atoms with van der Waals surface area (Å²) in [6.45, 7) is 7.77. The highest BCUT2D eigenvalue weighted by Gasteiger charge is 2.73. The van der Waals surface area contributed by atoms with Crippen molar-refractivity contribution in [3.8, 4) is 0 Å². The van der Waals surface area contributed by atoms with Crippen LogP contribution in [0.5, 0.6) is 0 Å². The smallest absolute Gasteiger partial charge is 0.0805 e. The minimum absolute atomic E-state index is 0.0251. The molecule has 3 N–H and O–H groups in total. The van der Waals surface area contributed by atoms with E-state index in [2.05, 4.69) is 73.3 Å². The van der Waals surface area contributed by atoms with Crippen molar-refractivity contribution in [1.29, 1.82) is 0 Å². The van der Waals surface area contributed by atoms with Crippen LogP contribution in [0.1, 0.15) is 134 Å². The van der Waals surface area contributed by atoms with E-state index in [0.717, 1.165) is 70.4 Å². The molecular formula is C53H73NO4. The summed E-state index contributed by atoms with van der Waals surface area (Å²) in [5, 5.41) is 42.4. The number of fused-ring (bicyclic) bond motifs is 6. The van der Waals surface area contributed by atoms with Crippen molar-refractivity contribution in [1.82, 2.24) is 4.90 Å². The maximum Gasteiger partial charge on any atom is 0.0805 e. The first-order chi connectivity index (χ1) is 28.0. The normalized spacial score (nSPS) is 46.3. The van der Waals surface area contributed by atoms with E-state index in [1.54, 1.807) is 0 Å². The third-order valence-corrected chi connectivity index (χ3v) is 20.2. The quantitative estimate of drug-likeness (QED) is 0.164. The molecule has 6 saturated carbocycles. The molecular weight excluding hydrogens is 715 g/mol. The second-order valence-electron chi connectivity index (χ2n) is 22.8. The Hall–Kier alpha value is -2.02. The van der Waals surface area contributed by atoms with Crippen molar-refractivity contribution in [2.45, 2.75) is 153 Å². The van der Waals surface area contributed by atoms with Crippen LogP contribution in [0.25, 0.3) is 21.5 Å². The van der Waals surface area contributed by atoms with E-state index >= 15 is 0 Å². The largest absolute Gasteiger partial charge is 0.393 e. The minimum Gasteiger partial charge on any atom is -0.393 e. The maximum atomic E-state index is 12.4. The summed E-state index contributed by atoms with van der Waals surface area (Å²) in [5.74, 6) is 5.05. The van der Waals surface area contributed by atoms with Crippen LogP contribution in [0, 0.1) is 63.6 Å². The molecule has 2 bridgehead atoms. The number of rotatable bonds is 7. The monoisotopic (exact) mass is 788 g/mol. The molecule has 3 aromatic carbocycles. The summed E-state index contributed by atoms with van der Waals surface area (Å²) in [7, 11) is 1.83. The molecule has 0 aromatic heterocycles. The molecule has 2 saturated heterocycles. The van der Waals surface area contributed by atoms with Gasteiger partial charge in [0.1, 0.15) is 0 Å². The number of methoxy groups -OCH3 is 1. The molecule has 5 nitrogen and oxygen atoms in total. The molecule has 11 rings (SSSR count). The van der Waals surface area contributed by atoms with Crippen molar-refractivity contribution >= 4 is 21.5 Å². The van der Waals surface area contributed by atoms with Gasteiger partial charge in [0.25, 0.3) is 0 Å². The molecule has 0 radical (unpaired) electrons. The molecule has 0 unspecified atom stereocenters. The van der Waals surface area contributed by atoms with Crippen molar-refractivity contribution in [2.75, 3.05) is 26.8 Å². The van der Waals surface area contributed by atoms with Crippen LogP contribution in [0.15, 0.2) is 54.6 Å². The summed E-state index contributed by atoms with van der Waals surface area (Å²) >= 11 is 0. The van der Waals surface area contributed by atoms with Gasteiger partial charge in [-0.05, 0) is 218 Å². The molecule has 5 heteroatoms. The highest BCUT2D eigenvalue weighted by molar-refractivity contribution is 5.98. The number of hydrogen-bond acceptors (Lipinski definition) is 5. The molecule has 8 fully saturated rings. The van der Waals surface area contributed by atoms with E-state index < -0.39 is 5.60 Å². The molecule has 2 heterocycles. The number of aliphatic hydroxyl groups excluding tert-OH is 2. The first kappa shape index (κ1) is 38.9. The van der Waals surface area contributed by atoms with Crippen LogP contribution in [-0.2, 0) is 4.74 Å². The SMILES string of the molecule is COCCC[C@H](C[C@@H]1CC[C@]2(C1)C[C@]13CCC[C@]4(C[C@H](O)[C@H]1C[C@H]2O)[C@H]3C[C@@H]1[C@@H]2CN3C[C@H](C)CC[C@@H]3[C@@](C)(O)[C@@H]2CC[C@@H]14)c1ccc2cc3ccccc3cc2c1. The van der Waals surface area contributed by atoms with Crippen LogP contribution < -0.4 is 0 Å². The van der Waals surface area contributed by atoms with Crippen LogP contribution in [-0.4, -0.2) is 70.9 Å². The zero-order valence-corrected chi connectivity index (χ0v) is 36.0. The highest BCUT2D eigenvalue weighted by atomic mass is 16.5. The predicted octanol–water partition coefficient (Wildman–Crippen LogP) is 10.5. The number of ether oxygens (including phenoxy) is 1. The van der Waals surface area contributed by atoms with Gasteiger partial charge in [0.05, 0.1) is 17.8 Å². The van der Waals surface area contributed by atoms with Crippen molar-refractivity contribution in [2.24, 2.45) is 63.6 Å². The van der Waals surface area contributed by atoms with Crippen LogP contribution in [0.3, 0.4) is 0 Å². The number of piperidine rings is 2. The molecule has 6 aliphatic carbocycles. The fourth-order valence-corrected chi connectivity index (χ4v) is 18.1. The average Bonchev–Trinajstić information content (AvgIpc) is 3.77. The number of hydrogen-bond donors (Lipinski definition) is 3.